The van der Waals surface area contributed by atoms with E-state index in [0.717, 1.165) is 6.42 Å². The van der Waals surface area contributed by atoms with Crippen molar-refractivity contribution in [1.82, 2.24) is 0 Å². The summed E-state index contributed by atoms with van der Waals surface area (Å²) in [5.74, 6) is 1.27. The van der Waals surface area contributed by atoms with E-state index >= 15 is 0 Å². The van der Waals surface area contributed by atoms with Gasteiger partial charge in [-0.2, -0.15) is 0 Å². The van der Waals surface area contributed by atoms with Gasteiger partial charge in [0, 0.05) is 17.7 Å². The Morgan fingerprint density at radius 3 is 2.47 bits per heavy atom. The van der Waals surface area contributed by atoms with Crippen LogP contribution >= 0.6 is 0 Å². The average molecular weight is 237 g/mol. The first kappa shape index (κ1) is 13.4. The Kier molecular flexibility index (Phi) is 4.82. The summed E-state index contributed by atoms with van der Waals surface area (Å²) >= 11 is 0. The van der Waals surface area contributed by atoms with Gasteiger partial charge in [-0.25, -0.2) is 0 Å². The number of benzene rings is 1. The standard InChI is InChI=1S/C13H19NO3/c1-5-9(2)13(15)14-10-6-7-11(16-3)12(8-10)17-4/h6-9H,5H2,1-4H3,(H,14,15). The lowest BCUT2D eigenvalue weighted by atomic mass is 10.1. The van der Waals surface area contributed by atoms with Gasteiger partial charge in [-0.3, -0.25) is 4.79 Å². The smallest absolute Gasteiger partial charge is 0.227 e. The molecular formula is C13H19NO3. The monoisotopic (exact) mass is 237 g/mol. The fourth-order valence-corrected chi connectivity index (χ4v) is 1.36. The summed E-state index contributed by atoms with van der Waals surface area (Å²) in [5.41, 5.74) is 0.716. The molecule has 1 rings (SSSR count). The van der Waals surface area contributed by atoms with E-state index in [-0.39, 0.29) is 11.8 Å². The van der Waals surface area contributed by atoms with E-state index in [1.165, 1.54) is 0 Å². The normalized spacial score (nSPS) is 11.8. The fourth-order valence-electron chi connectivity index (χ4n) is 1.36. The van der Waals surface area contributed by atoms with Crippen molar-refractivity contribution >= 4 is 11.6 Å². The molecule has 0 saturated carbocycles. The van der Waals surface area contributed by atoms with Crippen LogP contribution < -0.4 is 14.8 Å². The second kappa shape index (κ2) is 6.13. The van der Waals surface area contributed by atoms with Crippen molar-refractivity contribution in [3.05, 3.63) is 18.2 Å². The van der Waals surface area contributed by atoms with Crippen LogP contribution in [-0.4, -0.2) is 20.1 Å². The van der Waals surface area contributed by atoms with Crippen LogP contribution in [0.1, 0.15) is 20.3 Å². The highest BCUT2D eigenvalue weighted by Crippen LogP contribution is 2.29. The first-order valence-electron chi connectivity index (χ1n) is 5.65. The Morgan fingerprint density at radius 1 is 1.29 bits per heavy atom. The Balaban J connectivity index is 2.82. The number of carbonyl (C=O) groups excluding carboxylic acids is 1. The molecule has 1 N–H and O–H groups in total. The Morgan fingerprint density at radius 2 is 1.94 bits per heavy atom. The molecule has 0 spiro atoms. The van der Waals surface area contributed by atoms with Crippen molar-refractivity contribution < 1.29 is 14.3 Å². The summed E-state index contributed by atoms with van der Waals surface area (Å²) in [5, 5.41) is 2.84. The maximum atomic E-state index is 11.7. The Hall–Kier alpha value is -1.71. The zero-order valence-electron chi connectivity index (χ0n) is 10.7. The zero-order valence-corrected chi connectivity index (χ0v) is 10.7. The molecule has 0 heterocycles. The SMILES string of the molecule is CCC(C)C(=O)Nc1ccc(OC)c(OC)c1. The summed E-state index contributed by atoms with van der Waals surface area (Å²) < 4.78 is 10.3. The van der Waals surface area contributed by atoms with Gasteiger partial charge in [0.1, 0.15) is 0 Å². The third kappa shape index (κ3) is 3.37. The van der Waals surface area contributed by atoms with Crippen molar-refractivity contribution in [3.8, 4) is 11.5 Å². The van der Waals surface area contributed by atoms with Crippen molar-refractivity contribution in [2.75, 3.05) is 19.5 Å². The largest absolute Gasteiger partial charge is 0.493 e. The molecule has 94 valence electrons. The number of rotatable bonds is 5. The predicted octanol–water partition coefficient (Wildman–Crippen LogP) is 2.69. The van der Waals surface area contributed by atoms with Crippen molar-refractivity contribution in [1.29, 1.82) is 0 Å². The van der Waals surface area contributed by atoms with E-state index in [4.69, 9.17) is 9.47 Å². The predicted molar refractivity (Wildman–Crippen MR) is 67.6 cm³/mol. The molecule has 0 fully saturated rings. The molecule has 4 heteroatoms. The fraction of sp³-hybridized carbons (Fsp3) is 0.462. The van der Waals surface area contributed by atoms with Crippen LogP contribution in [0.5, 0.6) is 11.5 Å². The van der Waals surface area contributed by atoms with Crippen LogP contribution in [0.25, 0.3) is 0 Å². The van der Waals surface area contributed by atoms with Crippen LogP contribution in [-0.2, 0) is 4.79 Å². The summed E-state index contributed by atoms with van der Waals surface area (Å²) in [6.07, 6.45) is 0.819. The lowest BCUT2D eigenvalue weighted by Gasteiger charge is -2.12. The molecule has 0 bridgehead atoms. The number of methoxy groups -OCH3 is 2. The molecule has 1 aromatic rings. The molecular weight excluding hydrogens is 218 g/mol. The second-order valence-corrected chi connectivity index (χ2v) is 3.87. The molecule has 0 aliphatic rings. The van der Waals surface area contributed by atoms with Gasteiger partial charge in [-0.05, 0) is 18.6 Å². The Bertz CT molecular complexity index is 390. The highest BCUT2D eigenvalue weighted by atomic mass is 16.5. The number of hydrogen-bond donors (Lipinski definition) is 1. The quantitative estimate of drug-likeness (QED) is 0.856. The molecule has 0 saturated heterocycles. The van der Waals surface area contributed by atoms with Crippen LogP contribution in [0.15, 0.2) is 18.2 Å². The average Bonchev–Trinajstić information content (AvgIpc) is 2.37. The topological polar surface area (TPSA) is 47.6 Å². The van der Waals surface area contributed by atoms with Gasteiger partial charge in [0.2, 0.25) is 5.91 Å². The third-order valence-electron chi connectivity index (χ3n) is 2.71. The van der Waals surface area contributed by atoms with E-state index in [1.807, 2.05) is 13.8 Å². The molecule has 0 aliphatic heterocycles. The molecule has 1 atom stereocenters. The first-order chi connectivity index (χ1) is 8.12. The first-order valence-corrected chi connectivity index (χ1v) is 5.65. The summed E-state index contributed by atoms with van der Waals surface area (Å²) in [6, 6.07) is 5.31. The lowest BCUT2D eigenvalue weighted by Crippen LogP contribution is -2.19. The lowest BCUT2D eigenvalue weighted by molar-refractivity contribution is -0.119. The maximum Gasteiger partial charge on any atom is 0.227 e. The number of anilines is 1. The van der Waals surface area contributed by atoms with Crippen LogP contribution in [0.3, 0.4) is 0 Å². The van der Waals surface area contributed by atoms with Gasteiger partial charge in [0.15, 0.2) is 11.5 Å². The summed E-state index contributed by atoms with van der Waals surface area (Å²) in [7, 11) is 3.15. The molecule has 17 heavy (non-hydrogen) atoms. The van der Waals surface area contributed by atoms with Gasteiger partial charge >= 0.3 is 0 Å². The number of amides is 1. The van der Waals surface area contributed by atoms with E-state index in [0.29, 0.717) is 17.2 Å². The number of hydrogen-bond acceptors (Lipinski definition) is 3. The van der Waals surface area contributed by atoms with Crippen molar-refractivity contribution in [3.63, 3.8) is 0 Å². The summed E-state index contributed by atoms with van der Waals surface area (Å²) in [6.45, 7) is 3.88. The Labute approximate surface area is 102 Å². The van der Waals surface area contributed by atoms with Gasteiger partial charge < -0.3 is 14.8 Å². The molecule has 4 nitrogen and oxygen atoms in total. The summed E-state index contributed by atoms with van der Waals surface area (Å²) in [4.78, 5) is 11.7. The minimum absolute atomic E-state index is 0.00287. The molecule has 0 aliphatic carbocycles. The number of carbonyl (C=O) groups is 1. The zero-order chi connectivity index (χ0) is 12.8. The minimum Gasteiger partial charge on any atom is -0.493 e. The molecule has 1 aromatic carbocycles. The van der Waals surface area contributed by atoms with Gasteiger partial charge in [0.25, 0.3) is 0 Å². The number of ether oxygens (including phenoxy) is 2. The molecule has 0 aromatic heterocycles. The maximum absolute atomic E-state index is 11.7. The molecule has 1 unspecified atom stereocenters. The van der Waals surface area contributed by atoms with Crippen LogP contribution in [0, 0.1) is 5.92 Å². The van der Waals surface area contributed by atoms with Gasteiger partial charge in [-0.15, -0.1) is 0 Å². The van der Waals surface area contributed by atoms with Gasteiger partial charge in [0.05, 0.1) is 14.2 Å². The van der Waals surface area contributed by atoms with Crippen molar-refractivity contribution in [2.24, 2.45) is 5.92 Å². The minimum atomic E-state index is 0.00287. The van der Waals surface area contributed by atoms with E-state index in [1.54, 1.807) is 32.4 Å². The third-order valence-corrected chi connectivity index (χ3v) is 2.71. The highest BCUT2D eigenvalue weighted by molar-refractivity contribution is 5.92. The number of nitrogens with one attached hydrogen (secondary N) is 1. The van der Waals surface area contributed by atoms with E-state index in [9.17, 15) is 4.79 Å². The van der Waals surface area contributed by atoms with E-state index < -0.39 is 0 Å². The van der Waals surface area contributed by atoms with Crippen LogP contribution in [0.4, 0.5) is 5.69 Å². The van der Waals surface area contributed by atoms with Crippen LogP contribution in [0.2, 0.25) is 0 Å². The highest BCUT2D eigenvalue weighted by Gasteiger charge is 2.12. The van der Waals surface area contributed by atoms with E-state index in [2.05, 4.69) is 5.32 Å². The van der Waals surface area contributed by atoms with Crippen molar-refractivity contribution in [2.45, 2.75) is 20.3 Å². The molecule has 1 amide bonds. The van der Waals surface area contributed by atoms with Gasteiger partial charge in [-0.1, -0.05) is 13.8 Å². The second-order valence-electron chi connectivity index (χ2n) is 3.87. The molecule has 0 radical (unpaired) electrons.